The minimum absolute atomic E-state index is 0.149. The number of aromatic carboxylic acids is 1. The number of hydrogen-bond acceptors (Lipinski definition) is 5. The van der Waals surface area contributed by atoms with Crippen LogP contribution in [0.3, 0.4) is 0 Å². The third kappa shape index (κ3) is 5.26. The summed E-state index contributed by atoms with van der Waals surface area (Å²) in [6.45, 7) is 6.71. The molecule has 0 atom stereocenters. The summed E-state index contributed by atoms with van der Waals surface area (Å²) in [6.07, 6.45) is 1.43. The molecular weight excluding hydrogens is 494 g/mol. The summed E-state index contributed by atoms with van der Waals surface area (Å²) in [7, 11) is 0. The van der Waals surface area contributed by atoms with E-state index in [2.05, 4.69) is 15.3 Å². The van der Waals surface area contributed by atoms with Crippen LogP contribution in [-0.4, -0.2) is 37.4 Å². The lowest BCUT2D eigenvalue weighted by atomic mass is 10.1. The standard InChI is InChI=1S/C25H23ClF2N4O2S/c1-13(2)35-21-9-15(4-5-16(21)25(33)34)20-11-22(31-12-30-20)29-6-7-32-14(3)8-17-23(28)19(27)10-18(26)24(17)32/h4-5,8-13H,6-7H2,1-3H3,(H,33,34)(H,29,30,31). The maximum absolute atomic E-state index is 14.2. The van der Waals surface area contributed by atoms with Crippen LogP contribution >= 0.6 is 23.4 Å². The number of nitrogens with zero attached hydrogens (tertiary/aromatic N) is 3. The van der Waals surface area contributed by atoms with Gasteiger partial charge in [0.1, 0.15) is 12.1 Å². The topological polar surface area (TPSA) is 80.0 Å². The van der Waals surface area contributed by atoms with E-state index in [1.807, 2.05) is 31.4 Å². The Bertz CT molecular complexity index is 1420. The molecule has 6 nitrogen and oxygen atoms in total. The molecular formula is C25H23ClF2N4O2S. The number of nitrogens with one attached hydrogen (secondary N) is 1. The lowest BCUT2D eigenvalue weighted by molar-refractivity contribution is 0.0693. The zero-order valence-electron chi connectivity index (χ0n) is 19.3. The first-order chi connectivity index (χ1) is 16.7. The number of aromatic nitrogens is 3. The Hall–Kier alpha value is -3.17. The summed E-state index contributed by atoms with van der Waals surface area (Å²) >= 11 is 7.69. The van der Waals surface area contributed by atoms with E-state index in [1.54, 1.807) is 24.3 Å². The van der Waals surface area contributed by atoms with Crippen molar-refractivity contribution in [3.63, 3.8) is 0 Å². The van der Waals surface area contributed by atoms with Crippen molar-refractivity contribution in [2.75, 3.05) is 11.9 Å². The van der Waals surface area contributed by atoms with E-state index in [9.17, 15) is 18.7 Å². The molecule has 2 heterocycles. The quantitative estimate of drug-likeness (QED) is 0.201. The van der Waals surface area contributed by atoms with Crippen LogP contribution in [0, 0.1) is 18.6 Å². The second-order valence-corrected chi connectivity index (χ2v) is 10.3. The summed E-state index contributed by atoms with van der Waals surface area (Å²) in [6, 6.07) is 9.48. The summed E-state index contributed by atoms with van der Waals surface area (Å²) < 4.78 is 29.8. The van der Waals surface area contributed by atoms with Crippen molar-refractivity contribution in [2.45, 2.75) is 37.5 Å². The predicted molar refractivity (Wildman–Crippen MR) is 136 cm³/mol. The monoisotopic (exact) mass is 516 g/mol. The van der Waals surface area contributed by atoms with Crippen molar-refractivity contribution in [1.82, 2.24) is 14.5 Å². The van der Waals surface area contributed by atoms with Gasteiger partial charge in [-0.25, -0.2) is 23.5 Å². The Morgan fingerprint density at radius 3 is 2.69 bits per heavy atom. The van der Waals surface area contributed by atoms with E-state index in [4.69, 9.17) is 11.6 Å². The lowest BCUT2D eigenvalue weighted by Gasteiger charge is -2.13. The van der Waals surface area contributed by atoms with E-state index >= 15 is 0 Å². The normalized spacial score (nSPS) is 11.4. The molecule has 0 saturated carbocycles. The average Bonchev–Trinajstić information content (AvgIpc) is 3.14. The molecule has 0 radical (unpaired) electrons. The molecule has 182 valence electrons. The molecule has 4 aromatic rings. The molecule has 0 unspecified atom stereocenters. The van der Waals surface area contributed by atoms with Crippen LogP contribution in [0.1, 0.15) is 29.9 Å². The van der Waals surface area contributed by atoms with Crippen molar-refractivity contribution >= 4 is 46.1 Å². The van der Waals surface area contributed by atoms with Gasteiger partial charge in [-0.1, -0.05) is 31.5 Å². The van der Waals surface area contributed by atoms with Crippen LogP contribution in [0.15, 0.2) is 47.6 Å². The number of rotatable bonds is 8. The predicted octanol–water partition coefficient (Wildman–Crippen LogP) is 6.65. The van der Waals surface area contributed by atoms with Gasteiger partial charge < -0.3 is 15.0 Å². The van der Waals surface area contributed by atoms with Crippen LogP contribution in [0.2, 0.25) is 5.02 Å². The molecule has 2 aromatic heterocycles. The maximum Gasteiger partial charge on any atom is 0.336 e. The van der Waals surface area contributed by atoms with Crippen molar-refractivity contribution in [3.05, 3.63) is 70.6 Å². The minimum atomic E-state index is -0.974. The number of carbonyl (C=O) groups is 1. The summed E-state index contributed by atoms with van der Waals surface area (Å²) in [5.74, 6) is -2.28. The molecule has 0 aliphatic carbocycles. The average molecular weight is 517 g/mol. The molecule has 10 heteroatoms. The number of hydrogen-bond donors (Lipinski definition) is 2. The van der Waals surface area contributed by atoms with Gasteiger partial charge in [0.15, 0.2) is 11.6 Å². The molecule has 0 amide bonds. The van der Waals surface area contributed by atoms with Crippen molar-refractivity contribution in [3.8, 4) is 11.3 Å². The van der Waals surface area contributed by atoms with Gasteiger partial charge in [-0.15, -0.1) is 11.8 Å². The maximum atomic E-state index is 14.2. The van der Waals surface area contributed by atoms with Crippen molar-refractivity contribution in [1.29, 1.82) is 0 Å². The SMILES string of the molecule is Cc1cc2c(F)c(F)cc(Cl)c2n1CCNc1cc(-c2ccc(C(=O)O)c(SC(C)C)c2)ncn1. The third-order valence-corrected chi connectivity index (χ3v) is 6.76. The van der Waals surface area contributed by atoms with Crippen molar-refractivity contribution in [2.24, 2.45) is 0 Å². The second kappa shape index (κ2) is 10.2. The first-order valence-electron chi connectivity index (χ1n) is 10.9. The molecule has 0 aliphatic rings. The van der Waals surface area contributed by atoms with Crippen LogP contribution in [0.25, 0.3) is 22.2 Å². The van der Waals surface area contributed by atoms with Crippen LogP contribution in [0.4, 0.5) is 14.6 Å². The number of aryl methyl sites for hydroxylation is 1. The van der Waals surface area contributed by atoms with Gasteiger partial charge in [-0.2, -0.15) is 0 Å². The van der Waals surface area contributed by atoms with Crippen LogP contribution in [-0.2, 0) is 6.54 Å². The van der Waals surface area contributed by atoms with Gasteiger partial charge in [0.05, 0.1) is 21.8 Å². The Morgan fingerprint density at radius 2 is 1.97 bits per heavy atom. The summed E-state index contributed by atoms with van der Waals surface area (Å²) in [5, 5.41) is 13.2. The molecule has 0 saturated heterocycles. The molecule has 0 spiro atoms. The highest BCUT2D eigenvalue weighted by atomic mass is 35.5. The lowest BCUT2D eigenvalue weighted by Crippen LogP contribution is -2.12. The van der Waals surface area contributed by atoms with Crippen molar-refractivity contribution < 1.29 is 18.7 Å². The number of thioether (sulfide) groups is 1. The Balaban J connectivity index is 1.54. The molecule has 35 heavy (non-hydrogen) atoms. The second-order valence-electron chi connectivity index (χ2n) is 8.25. The summed E-state index contributed by atoms with van der Waals surface area (Å²) in [4.78, 5) is 20.9. The Morgan fingerprint density at radius 1 is 1.20 bits per heavy atom. The van der Waals surface area contributed by atoms with Crippen LogP contribution in [0.5, 0.6) is 0 Å². The number of carboxylic acids is 1. The fourth-order valence-corrected chi connectivity index (χ4v) is 5.16. The highest BCUT2D eigenvalue weighted by Crippen LogP contribution is 2.32. The van der Waals surface area contributed by atoms with Gasteiger partial charge in [0.25, 0.3) is 0 Å². The van der Waals surface area contributed by atoms with Gasteiger partial charge in [0, 0.05) is 45.9 Å². The highest BCUT2D eigenvalue weighted by molar-refractivity contribution is 8.00. The minimum Gasteiger partial charge on any atom is -0.478 e. The van der Waals surface area contributed by atoms with Gasteiger partial charge in [-0.05, 0) is 31.2 Å². The van der Waals surface area contributed by atoms with E-state index < -0.39 is 17.6 Å². The van der Waals surface area contributed by atoms with E-state index in [0.29, 0.717) is 35.0 Å². The molecule has 0 fully saturated rings. The van der Waals surface area contributed by atoms with E-state index in [1.165, 1.54) is 18.1 Å². The first-order valence-corrected chi connectivity index (χ1v) is 12.1. The zero-order chi connectivity index (χ0) is 25.3. The Kier molecular flexibility index (Phi) is 7.28. The highest BCUT2D eigenvalue weighted by Gasteiger charge is 2.17. The summed E-state index contributed by atoms with van der Waals surface area (Å²) in [5.41, 5.74) is 2.88. The fraction of sp³-hybridized carbons (Fsp3) is 0.240. The van der Waals surface area contributed by atoms with Gasteiger partial charge in [0.2, 0.25) is 0 Å². The molecule has 0 aliphatic heterocycles. The third-order valence-electron chi connectivity index (χ3n) is 5.41. The number of fused-ring (bicyclic) bond motifs is 1. The van der Waals surface area contributed by atoms with Gasteiger partial charge >= 0.3 is 5.97 Å². The Labute approximate surface area is 210 Å². The molecule has 4 rings (SSSR count). The fourth-order valence-electron chi connectivity index (χ4n) is 3.88. The number of halogens is 3. The van der Waals surface area contributed by atoms with E-state index in [-0.39, 0.29) is 21.2 Å². The smallest absolute Gasteiger partial charge is 0.336 e. The number of anilines is 1. The molecule has 2 N–H and O–H groups in total. The molecule has 0 bridgehead atoms. The largest absolute Gasteiger partial charge is 0.478 e. The first kappa shape index (κ1) is 24.9. The number of benzene rings is 2. The number of carboxylic acid groups (broad SMARTS) is 1. The molecule has 2 aromatic carbocycles. The van der Waals surface area contributed by atoms with E-state index in [0.717, 1.165) is 17.3 Å². The van der Waals surface area contributed by atoms with Gasteiger partial charge in [-0.3, -0.25) is 0 Å². The van der Waals surface area contributed by atoms with Crippen LogP contribution < -0.4 is 5.32 Å². The zero-order valence-corrected chi connectivity index (χ0v) is 20.8.